The summed E-state index contributed by atoms with van der Waals surface area (Å²) in [6, 6.07) is 6.42. The number of benzene rings is 1. The maximum absolute atomic E-state index is 7.30. The van der Waals surface area contributed by atoms with E-state index in [-0.39, 0.29) is 16.4 Å². The van der Waals surface area contributed by atoms with Crippen LogP contribution in [0.15, 0.2) is 18.2 Å². The molecule has 0 amide bonds. The van der Waals surface area contributed by atoms with Gasteiger partial charge >= 0.3 is 0 Å². The van der Waals surface area contributed by atoms with Crippen molar-refractivity contribution in [2.45, 2.75) is 134 Å². The van der Waals surface area contributed by atoms with Gasteiger partial charge in [0, 0.05) is 13.5 Å². The molecule has 6 heteroatoms. The third-order valence-corrected chi connectivity index (χ3v) is 21.2. The Labute approximate surface area is 218 Å². The molecule has 0 aromatic heterocycles. The van der Waals surface area contributed by atoms with Crippen LogP contribution in [0, 0.1) is 0 Å². The number of rotatable bonds is 9. The minimum Gasteiger partial charge on any atom is -0.540 e. The Balaban J connectivity index is 2.68. The van der Waals surface area contributed by atoms with Crippen LogP contribution in [0.5, 0.6) is 11.5 Å². The van der Waals surface area contributed by atoms with E-state index in [1.165, 1.54) is 5.56 Å². The van der Waals surface area contributed by atoms with Crippen LogP contribution in [0.3, 0.4) is 0 Å². The number of para-hydroxylation sites is 1. The van der Waals surface area contributed by atoms with Gasteiger partial charge in [0.25, 0.3) is 8.32 Å². The van der Waals surface area contributed by atoms with Crippen molar-refractivity contribution in [1.82, 2.24) is 0 Å². The van der Waals surface area contributed by atoms with Gasteiger partial charge in [0.1, 0.15) is 12.0 Å². The highest BCUT2D eigenvalue weighted by Gasteiger charge is 2.64. The smallest absolute Gasteiger partial charge is 0.258 e. The summed E-state index contributed by atoms with van der Waals surface area (Å²) in [5, 5.41) is 0.130. The van der Waals surface area contributed by atoms with Crippen molar-refractivity contribution >= 4 is 16.6 Å². The molecular formula is C29H54O4Si2. The first kappa shape index (κ1) is 30.4. The standard InChI is InChI=1S/C29H54O4Si2/c1-20(2)34(21(3)4,22(5)6)33-27-23(16-15-17-25(27)30-13)18-24-19-26(31-14)32-35(24,28(7,8)9)29(10,11)12/h15-17,20-22,24,26H,18-19H2,1-14H3/t24-,26?/m1/s1. The molecule has 1 aliphatic rings. The summed E-state index contributed by atoms with van der Waals surface area (Å²) in [4.78, 5) is 0. The normalized spacial score (nSPS) is 21.3. The van der Waals surface area contributed by atoms with Crippen LogP contribution in [0.4, 0.5) is 0 Å². The fraction of sp³-hybridized carbons (Fsp3) is 0.793. The highest BCUT2D eigenvalue weighted by molar-refractivity contribution is 6.81. The summed E-state index contributed by atoms with van der Waals surface area (Å²) >= 11 is 0. The Hall–Kier alpha value is -0.826. The minimum atomic E-state index is -2.32. The second-order valence-corrected chi connectivity index (χ2v) is 24.4. The summed E-state index contributed by atoms with van der Waals surface area (Å²) in [5.41, 5.74) is 3.13. The molecule has 35 heavy (non-hydrogen) atoms. The van der Waals surface area contributed by atoms with Gasteiger partial charge in [-0.15, -0.1) is 0 Å². The SMILES string of the molecule is COc1cccc(C[C@@H]2CC(OC)O[Si]2(C(C)(C)C)C(C)(C)C)c1O[Si](C(C)C)(C(C)C)C(C)C. The third-order valence-electron chi connectivity index (χ3n) is 8.59. The van der Waals surface area contributed by atoms with Crippen molar-refractivity contribution in [3.63, 3.8) is 0 Å². The number of ether oxygens (including phenoxy) is 2. The predicted octanol–water partition coefficient (Wildman–Crippen LogP) is 9.10. The second-order valence-electron chi connectivity index (χ2n) is 13.5. The van der Waals surface area contributed by atoms with Gasteiger partial charge in [0.2, 0.25) is 8.32 Å². The molecule has 1 fully saturated rings. The lowest BCUT2D eigenvalue weighted by Gasteiger charge is -2.51. The highest BCUT2D eigenvalue weighted by Crippen LogP contribution is 2.63. The van der Waals surface area contributed by atoms with Gasteiger partial charge in [-0.3, -0.25) is 0 Å². The first-order chi connectivity index (χ1) is 16.0. The largest absolute Gasteiger partial charge is 0.540 e. The molecule has 1 heterocycles. The van der Waals surface area contributed by atoms with Crippen LogP contribution in [0.1, 0.15) is 95.1 Å². The van der Waals surface area contributed by atoms with Crippen molar-refractivity contribution in [2.24, 2.45) is 0 Å². The molecule has 1 unspecified atom stereocenters. The zero-order valence-corrected chi connectivity index (χ0v) is 27.2. The molecule has 1 aliphatic heterocycles. The zero-order valence-electron chi connectivity index (χ0n) is 25.2. The van der Waals surface area contributed by atoms with Crippen molar-refractivity contribution < 1.29 is 18.3 Å². The predicted molar refractivity (Wildman–Crippen MR) is 154 cm³/mol. The van der Waals surface area contributed by atoms with Crippen LogP contribution in [0.2, 0.25) is 32.2 Å². The molecule has 0 aliphatic carbocycles. The van der Waals surface area contributed by atoms with E-state index in [1.807, 2.05) is 0 Å². The topological polar surface area (TPSA) is 36.9 Å². The van der Waals surface area contributed by atoms with E-state index in [9.17, 15) is 0 Å². The average Bonchev–Trinajstić information content (AvgIpc) is 3.11. The number of methoxy groups -OCH3 is 2. The molecule has 2 atom stereocenters. The molecule has 0 spiro atoms. The van der Waals surface area contributed by atoms with Crippen LogP contribution >= 0.6 is 0 Å². The Morgan fingerprint density at radius 1 is 0.914 bits per heavy atom. The average molecular weight is 523 g/mol. The molecule has 0 bridgehead atoms. The molecule has 202 valence electrons. The fourth-order valence-corrected chi connectivity index (χ4v) is 20.1. The van der Waals surface area contributed by atoms with Crippen molar-refractivity contribution in [3.8, 4) is 11.5 Å². The van der Waals surface area contributed by atoms with E-state index in [0.29, 0.717) is 22.2 Å². The first-order valence-corrected chi connectivity index (χ1v) is 17.7. The summed E-state index contributed by atoms with van der Waals surface area (Å²) in [6.07, 6.45) is 1.71. The third kappa shape index (κ3) is 5.41. The van der Waals surface area contributed by atoms with Gasteiger partial charge in [-0.1, -0.05) is 95.2 Å². The Kier molecular flexibility index (Phi) is 9.45. The lowest BCUT2D eigenvalue weighted by atomic mass is 10.1. The first-order valence-electron chi connectivity index (χ1n) is 13.5. The molecular weight excluding hydrogens is 468 g/mol. The lowest BCUT2D eigenvalue weighted by molar-refractivity contribution is -0.0498. The zero-order chi connectivity index (χ0) is 27.0. The Bertz CT molecular complexity index is 800. The Morgan fingerprint density at radius 2 is 1.43 bits per heavy atom. The maximum Gasteiger partial charge on any atom is 0.258 e. The highest BCUT2D eigenvalue weighted by atomic mass is 28.4. The van der Waals surface area contributed by atoms with E-state index in [0.717, 1.165) is 24.3 Å². The molecule has 0 radical (unpaired) electrons. The van der Waals surface area contributed by atoms with Gasteiger partial charge in [-0.05, 0) is 50.3 Å². The van der Waals surface area contributed by atoms with Crippen molar-refractivity contribution in [1.29, 1.82) is 0 Å². The summed E-state index contributed by atoms with van der Waals surface area (Å²) in [7, 11) is -0.928. The van der Waals surface area contributed by atoms with Crippen LogP contribution in [-0.4, -0.2) is 37.1 Å². The van der Waals surface area contributed by atoms with Gasteiger partial charge in [0.15, 0.2) is 5.75 Å². The molecule has 0 N–H and O–H groups in total. The number of hydrogen-bond donors (Lipinski definition) is 0. The molecule has 1 aromatic carbocycles. The maximum atomic E-state index is 7.30. The molecule has 0 saturated carbocycles. The van der Waals surface area contributed by atoms with E-state index in [2.05, 4.69) is 101 Å². The van der Waals surface area contributed by atoms with Gasteiger partial charge in [-0.25, -0.2) is 0 Å². The summed E-state index contributed by atoms with van der Waals surface area (Å²) in [5.74, 6) is 1.81. The van der Waals surface area contributed by atoms with Crippen LogP contribution < -0.4 is 9.16 Å². The molecule has 2 rings (SSSR count). The quantitative estimate of drug-likeness (QED) is 0.303. The Morgan fingerprint density at radius 3 is 1.83 bits per heavy atom. The van der Waals surface area contributed by atoms with Crippen molar-refractivity contribution in [3.05, 3.63) is 23.8 Å². The fourth-order valence-electron chi connectivity index (χ4n) is 7.62. The lowest BCUT2D eigenvalue weighted by Crippen LogP contribution is -2.55. The molecule has 1 saturated heterocycles. The molecule has 1 aromatic rings. The monoisotopic (exact) mass is 522 g/mol. The van der Waals surface area contributed by atoms with Gasteiger partial charge < -0.3 is 18.3 Å². The second kappa shape index (κ2) is 10.9. The summed E-state index contributed by atoms with van der Waals surface area (Å²) in [6.45, 7) is 28.2. The van der Waals surface area contributed by atoms with Crippen LogP contribution in [0.25, 0.3) is 0 Å². The van der Waals surface area contributed by atoms with Gasteiger partial charge in [-0.2, -0.15) is 0 Å². The van der Waals surface area contributed by atoms with Crippen molar-refractivity contribution in [2.75, 3.05) is 14.2 Å². The molecule has 4 nitrogen and oxygen atoms in total. The van der Waals surface area contributed by atoms with E-state index >= 15 is 0 Å². The summed E-state index contributed by atoms with van der Waals surface area (Å²) < 4.78 is 26.0. The van der Waals surface area contributed by atoms with E-state index < -0.39 is 16.6 Å². The van der Waals surface area contributed by atoms with E-state index in [4.69, 9.17) is 18.3 Å². The van der Waals surface area contributed by atoms with E-state index in [1.54, 1.807) is 14.2 Å². The number of hydrogen-bond acceptors (Lipinski definition) is 4. The minimum absolute atomic E-state index is 0.0649. The van der Waals surface area contributed by atoms with Crippen LogP contribution in [-0.2, 0) is 15.6 Å². The van der Waals surface area contributed by atoms with Gasteiger partial charge in [0.05, 0.1) is 7.11 Å².